The summed E-state index contributed by atoms with van der Waals surface area (Å²) in [6.45, 7) is 4.27. The molecule has 1 aromatic heterocycles. The zero-order valence-corrected chi connectivity index (χ0v) is 15.4. The van der Waals surface area contributed by atoms with Crippen molar-refractivity contribution in [1.29, 1.82) is 0 Å². The molecule has 3 aromatic carbocycles. The fraction of sp³-hybridized carbons (Fsp3) is 0.0909. The highest BCUT2D eigenvalue weighted by Gasteiger charge is 2.10. The van der Waals surface area contributed by atoms with Crippen molar-refractivity contribution in [3.05, 3.63) is 89.5 Å². The lowest BCUT2D eigenvalue weighted by molar-refractivity contribution is -0.117. The molecule has 0 unspecified atom stereocenters. The number of hydrogen-bond acceptors (Lipinski definition) is 2. The van der Waals surface area contributed by atoms with Gasteiger partial charge in [-0.1, -0.05) is 59.9 Å². The van der Waals surface area contributed by atoms with Crippen molar-refractivity contribution < 1.29 is 9.18 Å². The number of amides is 1. The molecule has 0 spiro atoms. The number of allylic oxidation sites excluding steroid dienone is 1. The summed E-state index contributed by atoms with van der Waals surface area (Å²) in [4.78, 5) is 17.5. The Morgan fingerprint density at radius 3 is 2.81 bits per heavy atom. The Morgan fingerprint density at radius 1 is 1.15 bits per heavy atom. The lowest BCUT2D eigenvalue weighted by Crippen LogP contribution is -2.17. The van der Waals surface area contributed by atoms with E-state index in [4.69, 9.17) is 0 Å². The zero-order chi connectivity index (χ0) is 18.8. The molecule has 1 amide bonds. The van der Waals surface area contributed by atoms with Crippen LogP contribution in [0.3, 0.4) is 0 Å². The number of carbonyl (C=O) groups is 1. The Balaban J connectivity index is 1.75. The quantitative estimate of drug-likeness (QED) is 0.469. The van der Waals surface area contributed by atoms with Gasteiger partial charge >= 0.3 is 0 Å². The number of aromatic nitrogens is 1. The first-order valence-corrected chi connectivity index (χ1v) is 9.41. The van der Waals surface area contributed by atoms with E-state index < -0.39 is 0 Å². The van der Waals surface area contributed by atoms with E-state index in [0.29, 0.717) is 11.3 Å². The lowest BCUT2D eigenvalue weighted by Gasteiger charge is -2.04. The second kappa shape index (κ2) is 7.29. The molecule has 0 fully saturated rings. The van der Waals surface area contributed by atoms with Crippen LogP contribution in [-0.4, -0.2) is 10.5 Å². The summed E-state index contributed by atoms with van der Waals surface area (Å²) in [5, 5.41) is 2.16. The first-order chi connectivity index (χ1) is 13.2. The zero-order valence-electron chi connectivity index (χ0n) is 14.6. The molecule has 134 valence electrons. The van der Waals surface area contributed by atoms with Crippen LogP contribution in [0.2, 0.25) is 0 Å². The number of hydrogen-bond donors (Lipinski definition) is 0. The average molecular weight is 376 g/mol. The second-order valence-electron chi connectivity index (χ2n) is 6.22. The van der Waals surface area contributed by atoms with Crippen LogP contribution in [0.5, 0.6) is 0 Å². The van der Waals surface area contributed by atoms with Gasteiger partial charge in [0.15, 0.2) is 4.80 Å². The summed E-state index contributed by atoms with van der Waals surface area (Å²) < 4.78 is 16.2. The lowest BCUT2D eigenvalue weighted by atomic mass is 10.0. The number of fused-ring (bicyclic) bond motifs is 2. The van der Waals surface area contributed by atoms with Gasteiger partial charge in [0.2, 0.25) is 0 Å². The van der Waals surface area contributed by atoms with Crippen LogP contribution in [0.4, 0.5) is 4.39 Å². The summed E-state index contributed by atoms with van der Waals surface area (Å²) in [5.74, 6) is -0.528. The molecule has 4 aromatic rings. The molecular formula is C22H17FN2OS. The SMILES string of the molecule is C=CCn1c(=NC(=O)Cc2cccc3ccccc23)sc2cc(F)ccc21. The largest absolute Gasteiger partial charge is 0.313 e. The molecule has 1 heterocycles. The maximum Gasteiger partial charge on any atom is 0.252 e. The summed E-state index contributed by atoms with van der Waals surface area (Å²) in [7, 11) is 0. The number of thiazole rings is 1. The number of nitrogens with zero attached hydrogens (tertiary/aromatic N) is 2. The highest BCUT2D eigenvalue weighted by molar-refractivity contribution is 7.16. The number of carbonyl (C=O) groups excluding carboxylic acids is 1. The Bertz CT molecular complexity index is 1230. The molecule has 0 aliphatic carbocycles. The molecule has 27 heavy (non-hydrogen) atoms. The molecule has 5 heteroatoms. The van der Waals surface area contributed by atoms with Crippen LogP contribution in [0, 0.1) is 5.82 Å². The predicted octanol–water partition coefficient (Wildman–Crippen LogP) is 4.85. The van der Waals surface area contributed by atoms with Crippen molar-refractivity contribution in [2.45, 2.75) is 13.0 Å². The molecule has 0 aliphatic heterocycles. The molecule has 0 atom stereocenters. The highest BCUT2D eigenvalue weighted by atomic mass is 32.1. The van der Waals surface area contributed by atoms with Crippen LogP contribution in [0.15, 0.2) is 78.3 Å². The van der Waals surface area contributed by atoms with Crippen LogP contribution in [0.1, 0.15) is 5.56 Å². The second-order valence-corrected chi connectivity index (χ2v) is 7.23. The van der Waals surface area contributed by atoms with E-state index in [9.17, 15) is 9.18 Å². The van der Waals surface area contributed by atoms with Gasteiger partial charge in [-0.15, -0.1) is 6.58 Å². The molecule has 0 saturated heterocycles. The van der Waals surface area contributed by atoms with Gasteiger partial charge in [-0.3, -0.25) is 4.79 Å². The van der Waals surface area contributed by atoms with Crippen molar-refractivity contribution in [3.63, 3.8) is 0 Å². The van der Waals surface area contributed by atoms with Crippen molar-refractivity contribution in [2.24, 2.45) is 4.99 Å². The van der Waals surface area contributed by atoms with Gasteiger partial charge in [-0.2, -0.15) is 4.99 Å². The van der Waals surface area contributed by atoms with Gasteiger partial charge in [0.1, 0.15) is 5.82 Å². The van der Waals surface area contributed by atoms with Gasteiger partial charge in [0.25, 0.3) is 5.91 Å². The van der Waals surface area contributed by atoms with Crippen LogP contribution in [-0.2, 0) is 17.8 Å². The standard InChI is InChI=1S/C22H17FN2OS/c1-2-12-25-19-11-10-17(23)14-20(19)27-22(25)24-21(26)13-16-8-5-7-15-6-3-4-9-18(15)16/h2-11,14H,1,12-13H2. The summed E-state index contributed by atoms with van der Waals surface area (Å²) in [5.41, 5.74) is 1.79. The molecule has 4 rings (SSSR count). The molecule has 0 aliphatic rings. The van der Waals surface area contributed by atoms with E-state index >= 15 is 0 Å². The number of halogens is 1. The van der Waals surface area contributed by atoms with Gasteiger partial charge in [0, 0.05) is 6.54 Å². The Hall–Kier alpha value is -3.05. The molecule has 0 radical (unpaired) electrons. The molecule has 3 nitrogen and oxygen atoms in total. The smallest absolute Gasteiger partial charge is 0.252 e. The van der Waals surface area contributed by atoms with Crippen molar-refractivity contribution in [2.75, 3.05) is 0 Å². The first-order valence-electron chi connectivity index (χ1n) is 8.60. The maximum absolute atomic E-state index is 13.5. The Morgan fingerprint density at radius 2 is 1.96 bits per heavy atom. The minimum Gasteiger partial charge on any atom is -0.313 e. The van der Waals surface area contributed by atoms with E-state index in [0.717, 1.165) is 26.6 Å². The monoisotopic (exact) mass is 376 g/mol. The van der Waals surface area contributed by atoms with Crippen LogP contribution in [0.25, 0.3) is 21.0 Å². The fourth-order valence-electron chi connectivity index (χ4n) is 3.19. The Kier molecular flexibility index (Phi) is 4.69. The molecule has 0 N–H and O–H groups in total. The third kappa shape index (κ3) is 3.46. The first kappa shape index (κ1) is 17.4. The maximum atomic E-state index is 13.5. The van der Waals surface area contributed by atoms with E-state index in [-0.39, 0.29) is 18.1 Å². The summed E-state index contributed by atoms with van der Waals surface area (Å²) in [6, 6.07) is 18.5. The highest BCUT2D eigenvalue weighted by Crippen LogP contribution is 2.20. The summed E-state index contributed by atoms with van der Waals surface area (Å²) >= 11 is 1.31. The molecular weight excluding hydrogens is 359 g/mol. The van der Waals surface area contributed by atoms with Crippen molar-refractivity contribution >= 4 is 38.2 Å². The van der Waals surface area contributed by atoms with Gasteiger partial charge in [0.05, 0.1) is 16.6 Å². The minimum atomic E-state index is -0.303. The van der Waals surface area contributed by atoms with Crippen LogP contribution >= 0.6 is 11.3 Å². The summed E-state index contributed by atoms with van der Waals surface area (Å²) in [6.07, 6.45) is 1.96. The van der Waals surface area contributed by atoms with Crippen molar-refractivity contribution in [3.8, 4) is 0 Å². The third-order valence-corrected chi connectivity index (χ3v) is 5.44. The van der Waals surface area contributed by atoms with Gasteiger partial charge < -0.3 is 4.57 Å². The normalized spacial score (nSPS) is 12.0. The van der Waals surface area contributed by atoms with E-state index in [1.807, 2.05) is 47.0 Å². The van der Waals surface area contributed by atoms with Crippen molar-refractivity contribution in [1.82, 2.24) is 4.57 Å². The average Bonchev–Trinajstić information content (AvgIpc) is 2.98. The van der Waals surface area contributed by atoms with E-state index in [1.165, 1.54) is 23.5 Å². The number of benzene rings is 3. The van der Waals surface area contributed by atoms with Crippen LogP contribution < -0.4 is 4.80 Å². The molecule has 0 saturated carbocycles. The van der Waals surface area contributed by atoms with Gasteiger partial charge in [-0.25, -0.2) is 4.39 Å². The third-order valence-electron chi connectivity index (χ3n) is 4.40. The predicted molar refractivity (Wildman–Crippen MR) is 108 cm³/mol. The molecule has 0 bridgehead atoms. The van der Waals surface area contributed by atoms with E-state index in [2.05, 4.69) is 11.6 Å². The Labute approximate surface area is 159 Å². The minimum absolute atomic E-state index is 0.220. The fourth-order valence-corrected chi connectivity index (χ4v) is 4.28. The topological polar surface area (TPSA) is 34.4 Å². The van der Waals surface area contributed by atoms with E-state index in [1.54, 1.807) is 12.1 Å². The van der Waals surface area contributed by atoms with Gasteiger partial charge in [-0.05, 0) is 34.5 Å². The number of rotatable bonds is 4.